The van der Waals surface area contributed by atoms with E-state index < -0.39 is 0 Å². The summed E-state index contributed by atoms with van der Waals surface area (Å²) >= 11 is 6.09. The lowest BCUT2D eigenvalue weighted by atomic mass is 10.0. The first kappa shape index (κ1) is 15.8. The Hall–Kier alpha value is -0.610. The van der Waals surface area contributed by atoms with Gasteiger partial charge >= 0.3 is 0 Å². The molecule has 0 spiro atoms. The molecule has 2 atom stereocenters. The van der Waals surface area contributed by atoms with Gasteiger partial charge in [-0.3, -0.25) is 0 Å². The SMILES string of the molecule is CNC(CCN1CCN(C)C(C)C1)c1cccc(Cl)c1. The van der Waals surface area contributed by atoms with Crippen molar-refractivity contribution in [2.24, 2.45) is 0 Å². The minimum Gasteiger partial charge on any atom is -0.313 e. The van der Waals surface area contributed by atoms with Gasteiger partial charge in [-0.05, 0) is 45.1 Å². The molecule has 0 radical (unpaired) electrons. The van der Waals surface area contributed by atoms with Crippen LogP contribution in [0.15, 0.2) is 24.3 Å². The molecule has 3 nitrogen and oxygen atoms in total. The number of likely N-dealkylation sites (N-methyl/N-ethyl adjacent to an activating group) is 1. The third kappa shape index (κ3) is 4.19. The van der Waals surface area contributed by atoms with Crippen molar-refractivity contribution in [1.82, 2.24) is 15.1 Å². The van der Waals surface area contributed by atoms with Crippen LogP contribution in [0.5, 0.6) is 0 Å². The van der Waals surface area contributed by atoms with Crippen LogP contribution in [0.25, 0.3) is 0 Å². The van der Waals surface area contributed by atoms with Gasteiger partial charge in [-0.15, -0.1) is 0 Å². The van der Waals surface area contributed by atoms with Gasteiger partial charge in [-0.1, -0.05) is 23.7 Å². The van der Waals surface area contributed by atoms with Gasteiger partial charge in [0.15, 0.2) is 0 Å². The molecule has 1 heterocycles. The van der Waals surface area contributed by atoms with Gasteiger partial charge in [0.25, 0.3) is 0 Å². The van der Waals surface area contributed by atoms with Gasteiger partial charge < -0.3 is 15.1 Å². The fourth-order valence-electron chi connectivity index (χ4n) is 2.84. The average molecular weight is 296 g/mol. The van der Waals surface area contributed by atoms with Crippen molar-refractivity contribution in [1.29, 1.82) is 0 Å². The highest BCUT2D eigenvalue weighted by Gasteiger charge is 2.21. The number of halogens is 1. The van der Waals surface area contributed by atoms with Gasteiger partial charge in [0, 0.05) is 43.3 Å². The summed E-state index contributed by atoms with van der Waals surface area (Å²) in [7, 11) is 4.24. The molecule has 2 unspecified atom stereocenters. The van der Waals surface area contributed by atoms with E-state index in [1.54, 1.807) is 0 Å². The van der Waals surface area contributed by atoms with Crippen molar-refractivity contribution < 1.29 is 0 Å². The molecule has 1 aliphatic rings. The lowest BCUT2D eigenvalue weighted by Gasteiger charge is -2.38. The maximum Gasteiger partial charge on any atom is 0.0409 e. The Labute approximate surface area is 127 Å². The highest BCUT2D eigenvalue weighted by Crippen LogP contribution is 2.21. The number of hydrogen-bond acceptors (Lipinski definition) is 3. The van der Waals surface area contributed by atoms with E-state index in [1.807, 2.05) is 19.2 Å². The van der Waals surface area contributed by atoms with Crippen molar-refractivity contribution in [3.63, 3.8) is 0 Å². The molecule has 1 aromatic carbocycles. The number of piperazine rings is 1. The normalized spacial score (nSPS) is 22.9. The van der Waals surface area contributed by atoms with Crippen LogP contribution >= 0.6 is 11.6 Å². The van der Waals surface area contributed by atoms with E-state index in [9.17, 15) is 0 Å². The fraction of sp³-hybridized carbons (Fsp3) is 0.625. The van der Waals surface area contributed by atoms with E-state index in [0.717, 1.165) is 18.0 Å². The van der Waals surface area contributed by atoms with Crippen molar-refractivity contribution >= 4 is 11.6 Å². The summed E-state index contributed by atoms with van der Waals surface area (Å²) in [6.45, 7) is 6.95. The third-order valence-electron chi connectivity index (χ3n) is 4.38. The summed E-state index contributed by atoms with van der Waals surface area (Å²) in [5, 5.41) is 4.23. The lowest BCUT2D eigenvalue weighted by Crippen LogP contribution is -2.50. The van der Waals surface area contributed by atoms with E-state index in [0.29, 0.717) is 12.1 Å². The molecule has 1 aliphatic heterocycles. The number of rotatable bonds is 5. The molecular weight excluding hydrogens is 270 g/mol. The van der Waals surface area contributed by atoms with Gasteiger partial charge in [-0.25, -0.2) is 0 Å². The zero-order valence-corrected chi connectivity index (χ0v) is 13.5. The van der Waals surface area contributed by atoms with E-state index in [-0.39, 0.29) is 0 Å². The Bertz CT molecular complexity index is 424. The molecule has 20 heavy (non-hydrogen) atoms. The predicted molar refractivity (Wildman–Crippen MR) is 86.4 cm³/mol. The monoisotopic (exact) mass is 295 g/mol. The molecule has 1 N–H and O–H groups in total. The van der Waals surface area contributed by atoms with Crippen LogP contribution in [-0.4, -0.2) is 56.1 Å². The fourth-order valence-corrected chi connectivity index (χ4v) is 3.04. The molecule has 0 aromatic heterocycles. The molecule has 2 rings (SSSR count). The predicted octanol–water partition coefficient (Wildman–Crippen LogP) is 2.63. The van der Waals surface area contributed by atoms with Gasteiger partial charge in [0.2, 0.25) is 0 Å². The molecule has 0 saturated carbocycles. The molecule has 4 heteroatoms. The second kappa shape index (κ2) is 7.41. The molecule has 112 valence electrons. The highest BCUT2D eigenvalue weighted by atomic mass is 35.5. The van der Waals surface area contributed by atoms with Crippen LogP contribution < -0.4 is 5.32 Å². The number of hydrogen-bond donors (Lipinski definition) is 1. The molecule has 0 amide bonds. The third-order valence-corrected chi connectivity index (χ3v) is 4.61. The zero-order chi connectivity index (χ0) is 14.5. The Morgan fingerprint density at radius 1 is 1.40 bits per heavy atom. The van der Waals surface area contributed by atoms with E-state index in [4.69, 9.17) is 11.6 Å². The largest absolute Gasteiger partial charge is 0.313 e. The standard InChI is InChI=1S/C16H26ClN3/c1-13-12-20(10-9-19(13)3)8-7-16(18-2)14-5-4-6-15(17)11-14/h4-6,11,13,16,18H,7-10,12H2,1-3H3. The van der Waals surface area contributed by atoms with Crippen molar-refractivity contribution in [3.8, 4) is 0 Å². The molecule has 0 bridgehead atoms. The van der Waals surface area contributed by atoms with Crippen LogP contribution in [0.1, 0.15) is 24.9 Å². The van der Waals surface area contributed by atoms with Gasteiger partial charge in [-0.2, -0.15) is 0 Å². The van der Waals surface area contributed by atoms with E-state index in [2.05, 4.69) is 41.2 Å². The highest BCUT2D eigenvalue weighted by molar-refractivity contribution is 6.30. The summed E-state index contributed by atoms with van der Waals surface area (Å²) in [6, 6.07) is 9.21. The molecule has 0 aliphatic carbocycles. The van der Waals surface area contributed by atoms with Gasteiger partial charge in [0.05, 0.1) is 0 Å². The van der Waals surface area contributed by atoms with E-state index >= 15 is 0 Å². The summed E-state index contributed by atoms with van der Waals surface area (Å²) in [5.41, 5.74) is 1.28. The number of nitrogens with one attached hydrogen (secondary N) is 1. The van der Waals surface area contributed by atoms with Gasteiger partial charge in [0.1, 0.15) is 0 Å². The smallest absolute Gasteiger partial charge is 0.0409 e. The first-order valence-corrected chi connectivity index (χ1v) is 7.83. The van der Waals surface area contributed by atoms with Crippen LogP contribution in [0.2, 0.25) is 5.02 Å². The van der Waals surface area contributed by atoms with Crippen LogP contribution in [0.3, 0.4) is 0 Å². The second-order valence-electron chi connectivity index (χ2n) is 5.82. The quantitative estimate of drug-likeness (QED) is 0.901. The summed E-state index contributed by atoms with van der Waals surface area (Å²) in [6.07, 6.45) is 1.12. The maximum absolute atomic E-state index is 6.09. The van der Waals surface area contributed by atoms with Crippen LogP contribution in [0.4, 0.5) is 0 Å². The maximum atomic E-state index is 6.09. The molecule has 1 saturated heterocycles. The first-order chi connectivity index (χ1) is 9.60. The van der Waals surface area contributed by atoms with Crippen molar-refractivity contribution in [2.45, 2.75) is 25.4 Å². The Morgan fingerprint density at radius 3 is 2.85 bits per heavy atom. The zero-order valence-electron chi connectivity index (χ0n) is 12.8. The van der Waals surface area contributed by atoms with Crippen molar-refractivity contribution in [3.05, 3.63) is 34.9 Å². The summed E-state index contributed by atoms with van der Waals surface area (Å²) < 4.78 is 0. The Morgan fingerprint density at radius 2 is 2.20 bits per heavy atom. The van der Waals surface area contributed by atoms with Crippen LogP contribution in [-0.2, 0) is 0 Å². The molecule has 1 fully saturated rings. The molecule has 1 aromatic rings. The van der Waals surface area contributed by atoms with Crippen molar-refractivity contribution in [2.75, 3.05) is 40.3 Å². The first-order valence-electron chi connectivity index (χ1n) is 7.45. The summed E-state index contributed by atoms with van der Waals surface area (Å²) in [4.78, 5) is 5.00. The minimum absolute atomic E-state index is 0.378. The second-order valence-corrected chi connectivity index (χ2v) is 6.25. The van der Waals surface area contributed by atoms with Crippen LogP contribution in [0, 0.1) is 0 Å². The summed E-state index contributed by atoms with van der Waals surface area (Å²) in [5.74, 6) is 0. The van der Waals surface area contributed by atoms with E-state index in [1.165, 1.54) is 25.2 Å². The topological polar surface area (TPSA) is 18.5 Å². The molecular formula is C16H26ClN3. The number of nitrogens with zero attached hydrogens (tertiary/aromatic N) is 2. The Kier molecular flexibility index (Phi) is 5.85. The lowest BCUT2D eigenvalue weighted by molar-refractivity contribution is 0.102. The number of benzene rings is 1. The Balaban J connectivity index is 1.88. The average Bonchev–Trinajstić information content (AvgIpc) is 2.43. The minimum atomic E-state index is 0.378.